The molecule has 0 fully saturated rings. The third-order valence-corrected chi connectivity index (χ3v) is 6.25. The molecule has 206 valence electrons. The molecule has 0 aliphatic heterocycles. The van der Waals surface area contributed by atoms with E-state index in [-0.39, 0.29) is 39.9 Å². The molecule has 1 aromatic heterocycles. The van der Waals surface area contributed by atoms with E-state index < -0.39 is 42.1 Å². The number of hydrogen-bond acceptors (Lipinski definition) is 10. The molecular formula is C25H26FN5O7S. The van der Waals surface area contributed by atoms with Crippen LogP contribution in [-0.2, 0) is 14.3 Å². The molecule has 0 aliphatic carbocycles. The summed E-state index contributed by atoms with van der Waals surface area (Å²) in [5, 5.41) is 2.45. The number of halogens is 1. The van der Waals surface area contributed by atoms with Crippen molar-refractivity contribution in [3.05, 3.63) is 64.4 Å². The first-order valence-corrected chi connectivity index (χ1v) is 12.2. The van der Waals surface area contributed by atoms with Gasteiger partial charge in [0.25, 0.3) is 11.8 Å². The summed E-state index contributed by atoms with van der Waals surface area (Å²) in [7, 11) is 2.81. The standard InChI is InChI=1S/C25H26FN5O7S/c1-4-38-18(32)12-29-24(34)21(13-8-9-16(36-2)17(10-13)37-3)31(15-7-5-6-14(26)11-15)25(35)22-19(27)20(23(28)33)30-39-22/h5-11,21H,4,12,27H2,1-3H3,(H2,28,33)(H,29,34)/t21-/m0/s1. The first-order chi connectivity index (χ1) is 18.6. The predicted octanol–water partition coefficient (Wildman–Crippen LogP) is 2.05. The molecule has 0 radical (unpaired) electrons. The maximum atomic E-state index is 14.4. The van der Waals surface area contributed by atoms with Gasteiger partial charge < -0.3 is 31.0 Å². The molecule has 0 bridgehead atoms. The molecule has 39 heavy (non-hydrogen) atoms. The van der Waals surface area contributed by atoms with E-state index in [1.165, 1.54) is 44.6 Å². The lowest BCUT2D eigenvalue weighted by Gasteiger charge is -2.31. The molecule has 0 saturated heterocycles. The molecule has 0 saturated carbocycles. The van der Waals surface area contributed by atoms with Crippen LogP contribution >= 0.6 is 11.5 Å². The Morgan fingerprint density at radius 2 is 1.82 bits per heavy atom. The fourth-order valence-corrected chi connectivity index (χ4v) is 4.40. The maximum Gasteiger partial charge on any atom is 0.325 e. The minimum Gasteiger partial charge on any atom is -0.493 e. The number of nitrogens with zero attached hydrogens (tertiary/aromatic N) is 2. The van der Waals surface area contributed by atoms with E-state index in [9.17, 15) is 23.6 Å². The van der Waals surface area contributed by atoms with Crippen molar-refractivity contribution in [1.82, 2.24) is 9.69 Å². The molecule has 3 rings (SSSR count). The lowest BCUT2D eigenvalue weighted by Crippen LogP contribution is -2.45. The van der Waals surface area contributed by atoms with Crippen molar-refractivity contribution in [2.45, 2.75) is 13.0 Å². The van der Waals surface area contributed by atoms with Crippen LogP contribution < -0.4 is 31.2 Å². The van der Waals surface area contributed by atoms with E-state index in [0.29, 0.717) is 17.3 Å². The Bertz CT molecular complexity index is 1400. The number of carbonyl (C=O) groups is 4. The van der Waals surface area contributed by atoms with E-state index in [4.69, 9.17) is 25.7 Å². The zero-order valence-electron chi connectivity index (χ0n) is 21.2. The van der Waals surface area contributed by atoms with Gasteiger partial charge in [-0.15, -0.1) is 0 Å². The summed E-state index contributed by atoms with van der Waals surface area (Å²) in [6, 6.07) is 7.92. The third kappa shape index (κ3) is 6.41. The van der Waals surface area contributed by atoms with Crippen LogP contribution in [-0.4, -0.2) is 55.4 Å². The largest absolute Gasteiger partial charge is 0.493 e. The highest BCUT2D eigenvalue weighted by molar-refractivity contribution is 7.09. The lowest BCUT2D eigenvalue weighted by atomic mass is 10.0. The quantitative estimate of drug-likeness (QED) is 0.297. The lowest BCUT2D eigenvalue weighted by molar-refractivity contribution is -0.143. The highest BCUT2D eigenvalue weighted by Crippen LogP contribution is 2.36. The van der Waals surface area contributed by atoms with Gasteiger partial charge in [0.1, 0.15) is 23.3 Å². The molecular weight excluding hydrogens is 533 g/mol. The van der Waals surface area contributed by atoms with E-state index in [1.54, 1.807) is 6.92 Å². The molecule has 12 nitrogen and oxygen atoms in total. The van der Waals surface area contributed by atoms with E-state index in [0.717, 1.165) is 17.0 Å². The Labute approximate surface area is 226 Å². The second-order valence-corrected chi connectivity index (χ2v) is 8.61. The monoisotopic (exact) mass is 559 g/mol. The van der Waals surface area contributed by atoms with Gasteiger partial charge in [0.2, 0.25) is 5.91 Å². The number of ether oxygens (including phenoxy) is 3. The SMILES string of the molecule is CCOC(=O)CNC(=O)[C@H](c1ccc(OC)c(OC)c1)N(C(=O)c1snc(C(N)=O)c1N)c1cccc(F)c1. The second kappa shape index (κ2) is 12.7. The van der Waals surface area contributed by atoms with Crippen molar-refractivity contribution in [2.75, 3.05) is 38.0 Å². The smallest absolute Gasteiger partial charge is 0.325 e. The summed E-state index contributed by atoms with van der Waals surface area (Å²) in [5.74, 6) is -3.48. The minimum atomic E-state index is -1.49. The molecule has 0 aliphatic rings. The highest BCUT2D eigenvalue weighted by atomic mass is 32.1. The van der Waals surface area contributed by atoms with Crippen LogP contribution in [0.2, 0.25) is 0 Å². The first kappa shape index (κ1) is 28.8. The molecule has 3 aromatic rings. The molecule has 5 N–H and O–H groups in total. The van der Waals surface area contributed by atoms with Gasteiger partial charge in [0, 0.05) is 5.69 Å². The number of carbonyl (C=O) groups excluding carboxylic acids is 4. The van der Waals surface area contributed by atoms with Gasteiger partial charge in [-0.05, 0) is 54.4 Å². The van der Waals surface area contributed by atoms with E-state index in [2.05, 4.69) is 9.69 Å². The Balaban J connectivity index is 2.22. The zero-order valence-corrected chi connectivity index (χ0v) is 22.0. The average Bonchev–Trinajstić information content (AvgIpc) is 3.31. The molecule has 1 heterocycles. The third-order valence-electron chi connectivity index (χ3n) is 5.40. The number of esters is 1. The van der Waals surface area contributed by atoms with Gasteiger partial charge in [-0.2, -0.15) is 4.37 Å². The number of aromatic nitrogens is 1. The molecule has 14 heteroatoms. The Morgan fingerprint density at radius 3 is 2.41 bits per heavy atom. The van der Waals surface area contributed by atoms with Crippen LogP contribution in [0, 0.1) is 5.82 Å². The predicted molar refractivity (Wildman–Crippen MR) is 140 cm³/mol. The maximum absolute atomic E-state index is 14.4. The number of primary amides is 1. The molecule has 2 aromatic carbocycles. The Hall–Kier alpha value is -4.72. The summed E-state index contributed by atoms with van der Waals surface area (Å²) in [6.45, 7) is 1.20. The van der Waals surface area contributed by atoms with Gasteiger partial charge in [0.15, 0.2) is 17.2 Å². The molecule has 0 unspecified atom stereocenters. The van der Waals surface area contributed by atoms with Crippen molar-refractivity contribution >= 4 is 46.6 Å². The molecule has 0 spiro atoms. The fraction of sp³-hybridized carbons (Fsp3) is 0.240. The minimum absolute atomic E-state index is 0.0282. The van der Waals surface area contributed by atoms with Crippen molar-refractivity contribution in [3.8, 4) is 11.5 Å². The summed E-state index contributed by atoms with van der Waals surface area (Å²) >= 11 is 0.591. The number of rotatable bonds is 11. The van der Waals surface area contributed by atoms with E-state index in [1.807, 2.05) is 0 Å². The summed E-state index contributed by atoms with van der Waals surface area (Å²) in [5.41, 5.74) is 10.9. The Kier molecular flexibility index (Phi) is 9.38. The van der Waals surface area contributed by atoms with Gasteiger partial charge in [0.05, 0.1) is 26.5 Å². The van der Waals surface area contributed by atoms with Gasteiger partial charge in [-0.3, -0.25) is 24.1 Å². The summed E-state index contributed by atoms with van der Waals surface area (Å²) in [4.78, 5) is 52.1. The summed E-state index contributed by atoms with van der Waals surface area (Å²) < 4.78 is 33.7. The fourth-order valence-electron chi connectivity index (χ4n) is 3.66. The van der Waals surface area contributed by atoms with Crippen molar-refractivity contribution in [1.29, 1.82) is 0 Å². The van der Waals surface area contributed by atoms with Gasteiger partial charge >= 0.3 is 5.97 Å². The number of benzene rings is 2. The van der Waals surface area contributed by atoms with Crippen molar-refractivity contribution in [2.24, 2.45) is 5.73 Å². The number of nitrogens with one attached hydrogen (secondary N) is 1. The number of methoxy groups -OCH3 is 2. The van der Waals surface area contributed by atoms with Crippen molar-refractivity contribution < 1.29 is 37.8 Å². The van der Waals surface area contributed by atoms with Gasteiger partial charge in [-0.1, -0.05) is 12.1 Å². The van der Waals surface area contributed by atoms with Crippen LogP contribution in [0.3, 0.4) is 0 Å². The number of amides is 3. The number of nitrogen functional groups attached to an aromatic ring is 1. The van der Waals surface area contributed by atoms with Crippen LogP contribution in [0.25, 0.3) is 0 Å². The Morgan fingerprint density at radius 1 is 1.10 bits per heavy atom. The van der Waals surface area contributed by atoms with Crippen molar-refractivity contribution in [3.63, 3.8) is 0 Å². The first-order valence-electron chi connectivity index (χ1n) is 11.4. The topological polar surface area (TPSA) is 176 Å². The number of nitrogens with two attached hydrogens (primary N) is 2. The average molecular weight is 560 g/mol. The van der Waals surface area contributed by atoms with Crippen LogP contribution in [0.1, 0.15) is 38.7 Å². The summed E-state index contributed by atoms with van der Waals surface area (Å²) in [6.07, 6.45) is 0. The van der Waals surface area contributed by atoms with E-state index >= 15 is 0 Å². The van der Waals surface area contributed by atoms with Gasteiger partial charge in [-0.25, -0.2) is 4.39 Å². The second-order valence-electron chi connectivity index (χ2n) is 7.83. The van der Waals surface area contributed by atoms with Crippen LogP contribution in [0.4, 0.5) is 15.8 Å². The molecule has 1 atom stereocenters. The normalized spacial score (nSPS) is 11.3. The number of hydrogen-bond donors (Lipinski definition) is 3. The van der Waals surface area contributed by atoms with Crippen LogP contribution in [0.5, 0.6) is 11.5 Å². The molecule has 3 amide bonds. The zero-order chi connectivity index (χ0) is 28.7. The highest BCUT2D eigenvalue weighted by Gasteiger charge is 2.37. The number of anilines is 2. The van der Waals surface area contributed by atoms with Crippen LogP contribution in [0.15, 0.2) is 42.5 Å².